The summed E-state index contributed by atoms with van der Waals surface area (Å²) in [4.78, 5) is 39.6. The Bertz CT molecular complexity index is 1140. The van der Waals surface area contributed by atoms with Gasteiger partial charge in [0.25, 0.3) is 11.5 Å². The lowest BCUT2D eigenvalue weighted by atomic mass is 10.2. The van der Waals surface area contributed by atoms with Gasteiger partial charge in [0.05, 0.1) is 17.8 Å². The maximum atomic E-state index is 13.5. The third-order valence-corrected chi connectivity index (χ3v) is 4.02. The molecular formula is C18H13ClFN3O4. The van der Waals surface area contributed by atoms with E-state index in [0.29, 0.717) is 5.75 Å². The Labute approximate surface area is 157 Å². The van der Waals surface area contributed by atoms with Crippen LogP contribution in [0.5, 0.6) is 5.75 Å². The summed E-state index contributed by atoms with van der Waals surface area (Å²) >= 11 is 5.60. The fourth-order valence-electron chi connectivity index (χ4n) is 2.39. The van der Waals surface area contributed by atoms with Crippen molar-refractivity contribution in [1.82, 2.24) is 9.55 Å². The number of carbonyl (C=O) groups is 1. The third kappa shape index (κ3) is 3.75. The highest BCUT2D eigenvalue weighted by Crippen LogP contribution is 2.19. The predicted octanol–water partition coefficient (Wildman–Crippen LogP) is 2.58. The van der Waals surface area contributed by atoms with E-state index in [0.717, 1.165) is 16.8 Å². The lowest BCUT2D eigenvalue weighted by Crippen LogP contribution is -2.38. The fraction of sp³-hybridized carbons (Fsp3) is 0.0556. The van der Waals surface area contributed by atoms with Gasteiger partial charge in [-0.15, -0.1) is 0 Å². The SMILES string of the molecule is COc1cccc(-n2c(=O)[nH]cc(C(=O)Nc3ccc(Cl)c(F)c3)c2=O)c1. The van der Waals surface area contributed by atoms with Crippen LogP contribution in [-0.2, 0) is 0 Å². The number of nitrogens with zero attached hydrogens (tertiary/aromatic N) is 1. The molecule has 27 heavy (non-hydrogen) atoms. The van der Waals surface area contributed by atoms with Crippen LogP contribution in [0.4, 0.5) is 10.1 Å². The van der Waals surface area contributed by atoms with E-state index in [9.17, 15) is 18.8 Å². The van der Waals surface area contributed by atoms with E-state index in [-0.39, 0.29) is 22.0 Å². The summed E-state index contributed by atoms with van der Waals surface area (Å²) in [6.07, 6.45) is 1.00. The van der Waals surface area contributed by atoms with Crippen molar-refractivity contribution in [2.75, 3.05) is 12.4 Å². The van der Waals surface area contributed by atoms with Gasteiger partial charge in [-0.2, -0.15) is 0 Å². The number of H-pyrrole nitrogens is 1. The molecule has 7 nitrogen and oxygen atoms in total. The molecular weight excluding hydrogens is 377 g/mol. The average molecular weight is 390 g/mol. The highest BCUT2D eigenvalue weighted by molar-refractivity contribution is 6.30. The molecule has 0 fully saturated rings. The summed E-state index contributed by atoms with van der Waals surface area (Å²) in [5.74, 6) is -1.09. The minimum absolute atomic E-state index is 0.0996. The van der Waals surface area contributed by atoms with Crippen molar-refractivity contribution in [3.8, 4) is 11.4 Å². The van der Waals surface area contributed by atoms with Crippen molar-refractivity contribution >= 4 is 23.2 Å². The Morgan fingerprint density at radius 3 is 2.70 bits per heavy atom. The molecule has 2 aromatic carbocycles. The third-order valence-electron chi connectivity index (χ3n) is 3.71. The standard InChI is InChI=1S/C18H13ClFN3O4/c1-27-12-4-2-3-11(8-12)23-17(25)13(9-21-18(23)26)16(24)22-10-5-6-14(19)15(20)7-10/h2-9H,1H3,(H,21,26)(H,22,24). The van der Waals surface area contributed by atoms with Gasteiger partial charge in [-0.1, -0.05) is 17.7 Å². The van der Waals surface area contributed by atoms with E-state index in [1.807, 2.05) is 0 Å². The molecule has 1 amide bonds. The molecule has 3 aromatic rings. The highest BCUT2D eigenvalue weighted by atomic mass is 35.5. The largest absolute Gasteiger partial charge is 0.497 e. The van der Waals surface area contributed by atoms with Gasteiger partial charge in [0.15, 0.2) is 0 Å². The maximum absolute atomic E-state index is 13.5. The summed E-state index contributed by atoms with van der Waals surface area (Å²) in [7, 11) is 1.45. The van der Waals surface area contributed by atoms with Gasteiger partial charge in [-0.25, -0.2) is 13.8 Å². The molecule has 0 aliphatic carbocycles. The summed E-state index contributed by atoms with van der Waals surface area (Å²) in [6.45, 7) is 0. The second-order valence-electron chi connectivity index (χ2n) is 5.43. The van der Waals surface area contributed by atoms with Gasteiger partial charge in [0.1, 0.15) is 17.1 Å². The molecule has 2 N–H and O–H groups in total. The molecule has 1 aromatic heterocycles. The number of hydrogen-bond donors (Lipinski definition) is 2. The molecule has 0 atom stereocenters. The lowest BCUT2D eigenvalue weighted by molar-refractivity contribution is 0.102. The molecule has 0 aliphatic heterocycles. The first-order chi connectivity index (χ1) is 12.9. The minimum atomic E-state index is -0.834. The van der Waals surface area contributed by atoms with Gasteiger partial charge in [-0.05, 0) is 30.3 Å². The van der Waals surface area contributed by atoms with Crippen LogP contribution < -0.4 is 21.3 Å². The molecule has 138 valence electrons. The van der Waals surface area contributed by atoms with E-state index in [4.69, 9.17) is 16.3 Å². The number of methoxy groups -OCH3 is 1. The van der Waals surface area contributed by atoms with E-state index < -0.39 is 23.0 Å². The molecule has 3 rings (SSSR count). The number of nitrogens with one attached hydrogen (secondary N) is 2. The first kappa shape index (κ1) is 18.4. The Hall–Kier alpha value is -3.39. The van der Waals surface area contributed by atoms with Gasteiger partial charge < -0.3 is 15.0 Å². The van der Waals surface area contributed by atoms with Crippen LogP contribution in [0.3, 0.4) is 0 Å². The van der Waals surface area contributed by atoms with Crippen LogP contribution in [0.2, 0.25) is 5.02 Å². The van der Waals surface area contributed by atoms with Crippen molar-refractivity contribution in [3.05, 3.63) is 85.9 Å². The number of carbonyl (C=O) groups excluding carboxylic acids is 1. The molecule has 9 heteroatoms. The van der Waals surface area contributed by atoms with Crippen molar-refractivity contribution in [2.24, 2.45) is 0 Å². The molecule has 1 heterocycles. The second-order valence-corrected chi connectivity index (χ2v) is 5.84. The monoisotopic (exact) mass is 389 g/mol. The summed E-state index contributed by atoms with van der Waals surface area (Å²) < 4.78 is 19.4. The molecule has 0 bridgehead atoms. The molecule has 0 aliphatic rings. The first-order valence-corrected chi connectivity index (χ1v) is 8.04. The number of benzene rings is 2. The Morgan fingerprint density at radius 2 is 2.00 bits per heavy atom. The van der Waals surface area contributed by atoms with Gasteiger partial charge in [-0.3, -0.25) is 9.59 Å². The zero-order valence-corrected chi connectivity index (χ0v) is 14.7. The Balaban J connectivity index is 2.01. The van der Waals surface area contributed by atoms with E-state index >= 15 is 0 Å². The maximum Gasteiger partial charge on any atom is 0.333 e. The number of ether oxygens (including phenoxy) is 1. The number of hydrogen-bond acceptors (Lipinski definition) is 4. The quantitative estimate of drug-likeness (QED) is 0.717. The van der Waals surface area contributed by atoms with Crippen LogP contribution in [0.25, 0.3) is 5.69 Å². The van der Waals surface area contributed by atoms with E-state index in [1.54, 1.807) is 12.1 Å². The topological polar surface area (TPSA) is 93.2 Å². The zero-order chi connectivity index (χ0) is 19.6. The van der Waals surface area contributed by atoms with Crippen LogP contribution in [0.15, 0.2) is 58.3 Å². The minimum Gasteiger partial charge on any atom is -0.497 e. The highest BCUT2D eigenvalue weighted by Gasteiger charge is 2.17. The number of anilines is 1. The van der Waals surface area contributed by atoms with Crippen LogP contribution in [0.1, 0.15) is 10.4 Å². The van der Waals surface area contributed by atoms with Crippen molar-refractivity contribution in [3.63, 3.8) is 0 Å². The van der Waals surface area contributed by atoms with Gasteiger partial charge in [0.2, 0.25) is 0 Å². The summed E-state index contributed by atoms with van der Waals surface area (Å²) in [5.41, 5.74) is -1.54. The second kappa shape index (κ2) is 7.46. The fourth-order valence-corrected chi connectivity index (χ4v) is 2.51. The predicted molar refractivity (Wildman–Crippen MR) is 98.6 cm³/mol. The van der Waals surface area contributed by atoms with Crippen LogP contribution in [-0.4, -0.2) is 22.6 Å². The van der Waals surface area contributed by atoms with Crippen molar-refractivity contribution in [1.29, 1.82) is 0 Å². The Kier molecular flexibility index (Phi) is 5.09. The average Bonchev–Trinajstić information content (AvgIpc) is 2.65. The molecule has 0 radical (unpaired) electrons. The van der Waals surface area contributed by atoms with Crippen molar-refractivity contribution in [2.45, 2.75) is 0 Å². The molecule has 0 saturated carbocycles. The molecule has 0 unspecified atom stereocenters. The number of aromatic nitrogens is 2. The molecule has 0 saturated heterocycles. The van der Waals surface area contributed by atoms with Gasteiger partial charge >= 0.3 is 5.69 Å². The Morgan fingerprint density at radius 1 is 1.22 bits per heavy atom. The first-order valence-electron chi connectivity index (χ1n) is 7.66. The zero-order valence-electron chi connectivity index (χ0n) is 14.0. The van der Waals surface area contributed by atoms with Crippen LogP contribution in [0, 0.1) is 5.82 Å². The van der Waals surface area contributed by atoms with E-state index in [1.165, 1.54) is 31.4 Å². The summed E-state index contributed by atoms with van der Waals surface area (Å²) in [6, 6.07) is 9.93. The number of rotatable bonds is 4. The van der Waals surface area contributed by atoms with Gasteiger partial charge in [0, 0.05) is 18.0 Å². The normalized spacial score (nSPS) is 10.5. The smallest absolute Gasteiger partial charge is 0.333 e. The lowest BCUT2D eigenvalue weighted by Gasteiger charge is -2.09. The number of halogens is 2. The van der Waals surface area contributed by atoms with E-state index in [2.05, 4.69) is 10.3 Å². The number of amides is 1. The summed E-state index contributed by atoms with van der Waals surface area (Å²) in [5, 5.41) is 2.29. The van der Waals surface area contributed by atoms with Crippen molar-refractivity contribution < 1.29 is 13.9 Å². The number of aromatic amines is 1. The molecule has 0 spiro atoms. The van der Waals surface area contributed by atoms with Crippen LogP contribution >= 0.6 is 11.6 Å².